The molecule has 3 saturated carbocycles. The second-order valence-electron chi connectivity index (χ2n) is 15.9. The molecule has 7 heteroatoms. The molecule has 1 heterocycles. The van der Waals surface area contributed by atoms with Gasteiger partial charge in [0.05, 0.1) is 17.3 Å². The first kappa shape index (κ1) is 30.6. The van der Waals surface area contributed by atoms with E-state index in [1.807, 2.05) is 0 Å². The van der Waals surface area contributed by atoms with Crippen LogP contribution in [0.3, 0.4) is 0 Å². The number of fused-ring (bicyclic) bond motifs is 2. The monoisotopic (exact) mass is 631 g/mol. The van der Waals surface area contributed by atoms with Crippen LogP contribution in [0.25, 0.3) is 0 Å². The zero-order valence-corrected chi connectivity index (χ0v) is 26.7. The van der Waals surface area contributed by atoms with Gasteiger partial charge >= 0.3 is 6.18 Å². The van der Waals surface area contributed by atoms with E-state index in [0.717, 1.165) is 57.3 Å². The van der Waals surface area contributed by atoms with Crippen LogP contribution in [0, 0.1) is 33.5 Å². The number of carbonyl (C=O) groups excluding carboxylic acids is 1. The zero-order valence-electron chi connectivity index (χ0n) is 26.7. The van der Waals surface area contributed by atoms with Crippen LogP contribution in [0.5, 0.6) is 0 Å². The van der Waals surface area contributed by atoms with E-state index in [0.29, 0.717) is 31.4 Å². The van der Waals surface area contributed by atoms with Crippen LogP contribution in [0.1, 0.15) is 85.8 Å². The maximum absolute atomic E-state index is 14.7. The van der Waals surface area contributed by atoms with Crippen molar-refractivity contribution in [2.45, 2.75) is 89.6 Å². The van der Waals surface area contributed by atoms with Crippen LogP contribution in [-0.2, 0) is 19.1 Å². The van der Waals surface area contributed by atoms with Crippen molar-refractivity contribution in [1.29, 1.82) is 0 Å². The Morgan fingerprint density at radius 3 is 2.43 bits per heavy atom. The number of hydrogen-bond donors (Lipinski definition) is 2. The summed E-state index contributed by atoms with van der Waals surface area (Å²) in [7, 11) is 0. The Morgan fingerprint density at radius 2 is 1.65 bits per heavy atom. The van der Waals surface area contributed by atoms with Gasteiger partial charge in [-0.25, -0.2) is 0 Å². The number of rotatable bonds is 4. The number of Topliss-reactive ketones (excluding diaryl/α,β-unsaturated/α-hetero) is 1. The van der Waals surface area contributed by atoms with Gasteiger partial charge in [-0.2, -0.15) is 13.2 Å². The summed E-state index contributed by atoms with van der Waals surface area (Å²) < 4.78 is 41.4. The first-order chi connectivity index (χ1) is 21.7. The van der Waals surface area contributed by atoms with Gasteiger partial charge in [0.25, 0.3) is 0 Å². The van der Waals surface area contributed by atoms with Crippen molar-refractivity contribution in [2.24, 2.45) is 33.5 Å². The number of halogens is 3. The normalized spacial score (nSPS) is 41.3. The van der Waals surface area contributed by atoms with Crippen molar-refractivity contribution in [3.05, 3.63) is 94.6 Å². The first-order valence-corrected chi connectivity index (χ1v) is 17.1. The largest absolute Gasteiger partial charge is 0.416 e. The van der Waals surface area contributed by atoms with Crippen molar-refractivity contribution < 1.29 is 28.2 Å². The van der Waals surface area contributed by atoms with Crippen LogP contribution in [0.4, 0.5) is 13.2 Å². The Hall–Kier alpha value is -2.74. The number of alkyl halides is 3. The number of carbonyl (C=O) groups is 1. The molecule has 9 rings (SSSR count). The summed E-state index contributed by atoms with van der Waals surface area (Å²) in [5.74, 6) is -0.302. The lowest BCUT2D eigenvalue weighted by Gasteiger charge is -2.71. The van der Waals surface area contributed by atoms with E-state index in [1.54, 1.807) is 0 Å². The van der Waals surface area contributed by atoms with Crippen LogP contribution >= 0.6 is 0 Å². The highest BCUT2D eigenvalue weighted by Gasteiger charge is 2.74. The second kappa shape index (κ2) is 9.90. The number of ketones is 1. The molecule has 4 nitrogen and oxygen atoms in total. The van der Waals surface area contributed by atoms with Crippen molar-refractivity contribution in [3.63, 3.8) is 0 Å². The van der Waals surface area contributed by atoms with E-state index in [-0.39, 0.29) is 28.6 Å². The van der Waals surface area contributed by atoms with Crippen molar-refractivity contribution in [3.8, 4) is 0 Å². The molecule has 1 aliphatic heterocycles. The molecule has 2 aromatic rings. The highest BCUT2D eigenvalue weighted by molar-refractivity contribution is 6.10. The summed E-state index contributed by atoms with van der Waals surface area (Å²) in [5, 5.41) is 23.6. The molecule has 2 N–H and O–H groups in total. The standard InChI is InChI=1S/C39H44F3NO3/c1-34-14-10-29(44)21-36(34)17-18-38(30(22-36)33(45)26-8-5-9-28(20-26)39(40,41)42)31(34)11-15-35(2)32(38)12-16-37(35,46)24-43-19-13-25-6-3-4-7-27(25)23-43/h3-9,17-18,20,22,29,31-32,44,46H,10-16,19,21,23-24H2,1-2H3. The number of aliphatic hydroxyl groups excluding tert-OH is 1. The Labute approximate surface area is 269 Å². The Balaban J connectivity index is 1.22. The van der Waals surface area contributed by atoms with Gasteiger partial charge < -0.3 is 10.2 Å². The lowest BCUT2D eigenvalue weighted by molar-refractivity contribution is -0.176. The molecule has 2 aromatic carbocycles. The van der Waals surface area contributed by atoms with Gasteiger partial charge in [0.15, 0.2) is 5.78 Å². The molecule has 244 valence electrons. The molecule has 0 saturated heterocycles. The average Bonchev–Trinajstić information content (AvgIpc) is 3.30. The lowest BCUT2D eigenvalue weighted by Crippen LogP contribution is -2.67. The highest BCUT2D eigenvalue weighted by Crippen LogP contribution is 2.78. The molecular weight excluding hydrogens is 587 g/mol. The summed E-state index contributed by atoms with van der Waals surface area (Å²) in [6, 6.07) is 13.4. The number of allylic oxidation sites excluding steroid dienone is 4. The smallest absolute Gasteiger partial charge is 0.393 e. The molecule has 2 spiro atoms. The van der Waals surface area contributed by atoms with Gasteiger partial charge in [0.2, 0.25) is 0 Å². The van der Waals surface area contributed by atoms with Crippen molar-refractivity contribution in [2.75, 3.05) is 13.1 Å². The van der Waals surface area contributed by atoms with Gasteiger partial charge in [-0.3, -0.25) is 9.69 Å². The van der Waals surface area contributed by atoms with Crippen LogP contribution in [0.2, 0.25) is 0 Å². The van der Waals surface area contributed by atoms with Crippen molar-refractivity contribution >= 4 is 5.78 Å². The average molecular weight is 632 g/mol. The van der Waals surface area contributed by atoms with Crippen LogP contribution < -0.4 is 0 Å². The first-order valence-electron chi connectivity index (χ1n) is 17.1. The highest BCUT2D eigenvalue weighted by atomic mass is 19.4. The Morgan fingerprint density at radius 1 is 0.935 bits per heavy atom. The molecule has 0 radical (unpaired) electrons. The third-order valence-electron chi connectivity index (χ3n) is 14.1. The summed E-state index contributed by atoms with van der Waals surface area (Å²) >= 11 is 0. The van der Waals surface area contributed by atoms with E-state index in [9.17, 15) is 28.2 Å². The molecule has 46 heavy (non-hydrogen) atoms. The fourth-order valence-electron chi connectivity index (χ4n) is 11.6. The minimum absolute atomic E-state index is 0.0416. The summed E-state index contributed by atoms with van der Waals surface area (Å²) in [6.45, 7) is 6.79. The van der Waals surface area contributed by atoms with E-state index in [2.05, 4.69) is 61.2 Å². The third-order valence-corrected chi connectivity index (χ3v) is 14.1. The number of hydrogen-bond acceptors (Lipinski definition) is 4. The fraction of sp³-hybridized carbons (Fsp3) is 0.564. The molecule has 6 aliphatic carbocycles. The molecule has 0 aromatic heterocycles. The Kier molecular flexibility index (Phi) is 6.58. The van der Waals surface area contributed by atoms with E-state index in [4.69, 9.17) is 0 Å². The van der Waals surface area contributed by atoms with Gasteiger partial charge in [0, 0.05) is 47.0 Å². The quantitative estimate of drug-likeness (QED) is 0.271. The zero-order chi connectivity index (χ0) is 32.3. The molecule has 8 atom stereocenters. The minimum atomic E-state index is -4.55. The lowest BCUT2D eigenvalue weighted by atomic mass is 9.32. The fourth-order valence-corrected chi connectivity index (χ4v) is 11.6. The van der Waals surface area contributed by atoms with E-state index in [1.165, 1.54) is 23.3 Å². The number of nitrogens with zero attached hydrogens (tertiary/aromatic N) is 1. The predicted molar refractivity (Wildman–Crippen MR) is 170 cm³/mol. The van der Waals surface area contributed by atoms with Crippen molar-refractivity contribution in [1.82, 2.24) is 4.90 Å². The van der Waals surface area contributed by atoms with Crippen LogP contribution in [-0.4, -0.2) is 45.7 Å². The van der Waals surface area contributed by atoms with Gasteiger partial charge in [-0.1, -0.05) is 68.5 Å². The summed E-state index contributed by atoms with van der Waals surface area (Å²) in [5.41, 5.74) is -0.393. The summed E-state index contributed by atoms with van der Waals surface area (Å²) in [6.07, 6.45) is 7.49. The maximum Gasteiger partial charge on any atom is 0.416 e. The Bertz CT molecular complexity index is 1670. The number of benzene rings is 2. The molecule has 3 fully saturated rings. The molecule has 7 aliphatic rings. The molecule has 8 unspecified atom stereocenters. The second-order valence-corrected chi connectivity index (χ2v) is 15.9. The van der Waals surface area contributed by atoms with Crippen LogP contribution in [0.15, 0.2) is 72.3 Å². The van der Waals surface area contributed by atoms with Gasteiger partial charge in [-0.15, -0.1) is 0 Å². The molecule has 2 bridgehead atoms. The molecule has 0 amide bonds. The van der Waals surface area contributed by atoms with Gasteiger partial charge in [0.1, 0.15) is 0 Å². The third kappa shape index (κ3) is 4.00. The molecular formula is C39H44F3NO3. The topological polar surface area (TPSA) is 60.8 Å². The number of aliphatic hydroxyl groups is 2. The van der Waals surface area contributed by atoms with E-state index < -0.39 is 39.7 Å². The number of β-amino-alcohol motifs (C(OH)–C–C–N with tert-alkyl or cyclic N) is 1. The predicted octanol–water partition coefficient (Wildman–Crippen LogP) is 7.54. The SMILES string of the molecule is CC12CCC(O)CC13C=CC1(C(C(=O)c4cccc(C(F)(F)F)c4)=C3)C2CCC2(C)C1CCC2(O)CN1CCc2ccccc2C1. The minimum Gasteiger partial charge on any atom is -0.393 e. The van der Waals surface area contributed by atoms with Gasteiger partial charge in [-0.05, 0) is 91.9 Å². The maximum atomic E-state index is 14.7. The summed E-state index contributed by atoms with van der Waals surface area (Å²) in [4.78, 5) is 17.0. The van der Waals surface area contributed by atoms with E-state index >= 15 is 0 Å².